The molecule has 1 saturated heterocycles. The summed E-state index contributed by atoms with van der Waals surface area (Å²) in [5, 5.41) is 13.5. The van der Waals surface area contributed by atoms with Gasteiger partial charge in [0.2, 0.25) is 5.95 Å². The topological polar surface area (TPSA) is 122 Å². The van der Waals surface area contributed by atoms with E-state index in [1.165, 1.54) is 0 Å². The second-order valence-electron chi connectivity index (χ2n) is 7.84. The van der Waals surface area contributed by atoms with E-state index < -0.39 is 18.2 Å². The van der Waals surface area contributed by atoms with Gasteiger partial charge in [-0.05, 0) is 25.8 Å². The van der Waals surface area contributed by atoms with Crippen molar-refractivity contribution in [1.29, 1.82) is 0 Å². The summed E-state index contributed by atoms with van der Waals surface area (Å²) in [6.45, 7) is 4.67. The van der Waals surface area contributed by atoms with E-state index in [0.717, 1.165) is 11.9 Å². The molecule has 4 N–H and O–H groups in total. The number of nitrogens with two attached hydrogens (primary N) is 1. The zero-order valence-electron chi connectivity index (χ0n) is 17.5. The highest BCUT2D eigenvalue weighted by Gasteiger charge is 2.28. The Morgan fingerprint density at radius 1 is 1.42 bits per heavy atom. The van der Waals surface area contributed by atoms with Crippen molar-refractivity contribution in [2.24, 2.45) is 5.73 Å². The Labute approximate surface area is 179 Å². The monoisotopic (exact) mass is 427 g/mol. The Morgan fingerprint density at radius 3 is 2.94 bits per heavy atom. The van der Waals surface area contributed by atoms with E-state index in [2.05, 4.69) is 34.1 Å². The van der Waals surface area contributed by atoms with Gasteiger partial charge in [0.25, 0.3) is 5.91 Å². The van der Waals surface area contributed by atoms with Gasteiger partial charge in [-0.2, -0.15) is 4.98 Å². The van der Waals surface area contributed by atoms with Gasteiger partial charge < -0.3 is 25.6 Å². The Morgan fingerprint density at radius 2 is 2.23 bits per heavy atom. The van der Waals surface area contributed by atoms with Crippen molar-refractivity contribution in [2.45, 2.75) is 45.0 Å². The van der Waals surface area contributed by atoms with Crippen molar-refractivity contribution in [3.63, 3.8) is 0 Å². The molecule has 4 rings (SSSR count). The molecule has 0 bridgehead atoms. The summed E-state index contributed by atoms with van der Waals surface area (Å²) >= 11 is 0. The number of hydrogen-bond donors (Lipinski definition) is 3. The van der Waals surface area contributed by atoms with Crippen LogP contribution in [0.4, 0.5) is 22.0 Å². The zero-order valence-corrected chi connectivity index (χ0v) is 17.5. The molecule has 1 amide bonds. The molecule has 0 aromatic carbocycles. The Hall–Kier alpha value is -3.27. The maximum Gasteiger partial charge on any atom is 0.250 e. The Kier molecular flexibility index (Phi) is 5.73. The van der Waals surface area contributed by atoms with Gasteiger partial charge in [-0.15, -0.1) is 0 Å². The molecule has 1 aliphatic heterocycles. The van der Waals surface area contributed by atoms with Crippen LogP contribution in [0.5, 0.6) is 0 Å². The summed E-state index contributed by atoms with van der Waals surface area (Å²) in [5.74, 6) is 0.954. The molecule has 10 heteroatoms. The summed E-state index contributed by atoms with van der Waals surface area (Å²) in [6.07, 6.45) is 3.93. The van der Waals surface area contributed by atoms with E-state index in [-0.39, 0.29) is 12.6 Å². The van der Waals surface area contributed by atoms with Crippen molar-refractivity contribution in [3.05, 3.63) is 36.3 Å². The summed E-state index contributed by atoms with van der Waals surface area (Å²) in [6, 6.07) is 3.73. The first-order valence-corrected chi connectivity index (χ1v) is 10.3. The molecule has 3 atom stereocenters. The Balaban J connectivity index is 1.62. The number of rotatable bonds is 6. The fourth-order valence-corrected chi connectivity index (χ4v) is 3.75. The van der Waals surface area contributed by atoms with Crippen LogP contribution >= 0.6 is 0 Å². The van der Waals surface area contributed by atoms with E-state index >= 15 is 0 Å². The first kappa shape index (κ1) is 21.0. The predicted octanol–water partition coefficient (Wildman–Crippen LogP) is 2.55. The van der Waals surface area contributed by atoms with Crippen molar-refractivity contribution < 1.29 is 14.3 Å². The third-order valence-electron chi connectivity index (χ3n) is 5.74. The number of alkyl halides is 1. The number of nitrogens with zero attached hydrogens (tertiary/aromatic N) is 5. The maximum absolute atomic E-state index is 13.9. The standard InChI is InChI=1S/C21H26FN7O2/c1-3-12(2)29-10-14(20(23)31)13-9-25-19(8-16(13)29)26-18-4-6-24-21(27-18)28-7-5-17(30)15(22)11-28/h4,6,8-10,12,15,17,30H,3,5,7,11H2,1-2H3,(H2,23,31)(H,24,25,26,27). The largest absolute Gasteiger partial charge is 0.390 e. The number of nitrogens with one attached hydrogen (secondary N) is 1. The molecule has 3 aromatic heterocycles. The molecule has 1 fully saturated rings. The number of fused-ring (bicyclic) bond motifs is 1. The van der Waals surface area contributed by atoms with Gasteiger partial charge >= 0.3 is 0 Å². The van der Waals surface area contributed by atoms with E-state index in [0.29, 0.717) is 41.5 Å². The van der Waals surface area contributed by atoms with Crippen LogP contribution in [0.1, 0.15) is 43.1 Å². The van der Waals surface area contributed by atoms with Crippen LogP contribution in [0, 0.1) is 0 Å². The minimum atomic E-state index is -1.33. The third kappa shape index (κ3) is 4.15. The molecule has 1 aliphatic rings. The average Bonchev–Trinajstić information content (AvgIpc) is 3.14. The van der Waals surface area contributed by atoms with Gasteiger partial charge in [-0.25, -0.2) is 14.4 Å². The number of hydrogen-bond acceptors (Lipinski definition) is 7. The smallest absolute Gasteiger partial charge is 0.250 e. The first-order chi connectivity index (χ1) is 14.9. The minimum absolute atomic E-state index is 0.0488. The molecule has 9 nitrogen and oxygen atoms in total. The van der Waals surface area contributed by atoms with Gasteiger partial charge in [0.05, 0.1) is 23.7 Å². The van der Waals surface area contributed by atoms with Crippen LogP contribution in [0.15, 0.2) is 30.7 Å². The van der Waals surface area contributed by atoms with Crippen LogP contribution in [-0.2, 0) is 0 Å². The lowest BCUT2D eigenvalue weighted by molar-refractivity contribution is 0.0612. The molecule has 4 heterocycles. The number of anilines is 3. The van der Waals surface area contributed by atoms with Crippen LogP contribution in [0.2, 0.25) is 0 Å². The lowest BCUT2D eigenvalue weighted by Crippen LogP contribution is -2.45. The number of aromatic nitrogens is 4. The maximum atomic E-state index is 13.9. The molecule has 3 aromatic rings. The minimum Gasteiger partial charge on any atom is -0.390 e. The molecule has 0 spiro atoms. The summed E-state index contributed by atoms with van der Waals surface area (Å²) < 4.78 is 15.9. The van der Waals surface area contributed by atoms with E-state index in [1.807, 2.05) is 10.6 Å². The SMILES string of the molecule is CCC(C)n1cc(C(N)=O)c2cnc(Nc3ccnc(N4CCC(O)C(F)C4)n3)cc21. The molecule has 164 valence electrons. The van der Waals surface area contributed by atoms with Gasteiger partial charge in [-0.3, -0.25) is 4.79 Å². The summed E-state index contributed by atoms with van der Waals surface area (Å²) in [7, 11) is 0. The quantitative estimate of drug-likeness (QED) is 0.552. The lowest BCUT2D eigenvalue weighted by Gasteiger charge is -2.32. The zero-order chi connectivity index (χ0) is 22.1. The predicted molar refractivity (Wildman–Crippen MR) is 116 cm³/mol. The first-order valence-electron chi connectivity index (χ1n) is 10.3. The second kappa shape index (κ2) is 8.46. The van der Waals surface area contributed by atoms with Crippen LogP contribution in [-0.4, -0.2) is 55.9 Å². The summed E-state index contributed by atoms with van der Waals surface area (Å²) in [4.78, 5) is 26.7. The van der Waals surface area contributed by atoms with Crippen molar-refractivity contribution in [1.82, 2.24) is 19.5 Å². The fraction of sp³-hybridized carbons (Fsp3) is 0.429. The molecule has 0 saturated carbocycles. The van der Waals surface area contributed by atoms with E-state index in [9.17, 15) is 14.3 Å². The van der Waals surface area contributed by atoms with Crippen molar-refractivity contribution >= 4 is 34.4 Å². The number of carbonyl (C=O) groups is 1. The highest BCUT2D eigenvalue weighted by molar-refractivity contribution is 6.06. The van der Waals surface area contributed by atoms with Gasteiger partial charge in [-0.1, -0.05) is 6.92 Å². The molecule has 31 heavy (non-hydrogen) atoms. The highest BCUT2D eigenvalue weighted by Crippen LogP contribution is 2.28. The van der Waals surface area contributed by atoms with E-state index in [1.54, 1.807) is 29.6 Å². The number of piperidine rings is 1. The molecule has 0 aliphatic carbocycles. The van der Waals surface area contributed by atoms with Crippen LogP contribution in [0.25, 0.3) is 10.9 Å². The fourth-order valence-electron chi connectivity index (χ4n) is 3.75. The molecule has 3 unspecified atom stereocenters. The number of amides is 1. The third-order valence-corrected chi connectivity index (χ3v) is 5.74. The molecular weight excluding hydrogens is 401 g/mol. The number of halogens is 1. The van der Waals surface area contributed by atoms with Gasteiger partial charge in [0, 0.05) is 42.6 Å². The summed E-state index contributed by atoms with van der Waals surface area (Å²) in [5.41, 5.74) is 6.83. The van der Waals surface area contributed by atoms with Crippen LogP contribution < -0.4 is 16.0 Å². The van der Waals surface area contributed by atoms with Crippen LogP contribution in [0.3, 0.4) is 0 Å². The molecular formula is C21H26FN7O2. The van der Waals surface area contributed by atoms with Crippen molar-refractivity contribution in [3.8, 4) is 0 Å². The number of pyridine rings is 1. The number of primary amides is 1. The van der Waals surface area contributed by atoms with E-state index in [4.69, 9.17) is 5.73 Å². The number of aliphatic hydroxyl groups excluding tert-OH is 1. The van der Waals surface area contributed by atoms with Gasteiger partial charge in [0.1, 0.15) is 17.8 Å². The normalized spacial score (nSPS) is 20.1. The lowest BCUT2D eigenvalue weighted by atomic mass is 10.1. The molecule has 0 radical (unpaired) electrons. The Bertz CT molecular complexity index is 1100. The number of carbonyl (C=O) groups excluding carboxylic acids is 1. The highest BCUT2D eigenvalue weighted by atomic mass is 19.1. The van der Waals surface area contributed by atoms with Gasteiger partial charge in [0.15, 0.2) is 0 Å². The average molecular weight is 427 g/mol. The second-order valence-corrected chi connectivity index (χ2v) is 7.84. The van der Waals surface area contributed by atoms with Crippen molar-refractivity contribution in [2.75, 3.05) is 23.3 Å². The number of aliphatic hydroxyl groups is 1.